The Morgan fingerprint density at radius 1 is 1.32 bits per heavy atom. The third kappa shape index (κ3) is 3.89. The maximum atomic E-state index is 13.6. The van der Waals surface area contributed by atoms with Gasteiger partial charge in [-0.3, -0.25) is 14.6 Å². The number of halogens is 1. The third-order valence-electron chi connectivity index (χ3n) is 6.00. The van der Waals surface area contributed by atoms with E-state index in [2.05, 4.69) is 10.3 Å². The number of pyridine rings is 1. The molecule has 0 bridgehead atoms. The predicted molar refractivity (Wildman–Crippen MR) is 97.7 cm³/mol. The van der Waals surface area contributed by atoms with Crippen molar-refractivity contribution in [2.45, 2.75) is 62.8 Å². The van der Waals surface area contributed by atoms with Gasteiger partial charge in [0.2, 0.25) is 5.91 Å². The van der Waals surface area contributed by atoms with Crippen LogP contribution in [-0.2, 0) is 25.6 Å². The number of hydrogen-bond donors (Lipinski definition) is 1. The Morgan fingerprint density at radius 3 is 2.86 bits per heavy atom. The number of carbonyl (C=O) groups excluding carboxylic acids is 2. The summed E-state index contributed by atoms with van der Waals surface area (Å²) in [6.07, 6.45) is 5.49. The lowest BCUT2D eigenvalue weighted by Gasteiger charge is -2.54. The van der Waals surface area contributed by atoms with E-state index in [4.69, 9.17) is 9.47 Å². The van der Waals surface area contributed by atoms with Crippen molar-refractivity contribution < 1.29 is 23.5 Å². The predicted octanol–water partition coefficient (Wildman–Crippen LogP) is 1.56. The van der Waals surface area contributed by atoms with Crippen molar-refractivity contribution in [3.05, 3.63) is 29.8 Å². The van der Waals surface area contributed by atoms with Crippen LogP contribution in [0.4, 0.5) is 4.39 Å². The van der Waals surface area contributed by atoms with E-state index in [9.17, 15) is 14.0 Å². The van der Waals surface area contributed by atoms with Crippen molar-refractivity contribution >= 4 is 11.8 Å². The summed E-state index contributed by atoms with van der Waals surface area (Å²) < 4.78 is 25.2. The summed E-state index contributed by atoms with van der Waals surface area (Å²) in [6, 6.07) is 2.82. The van der Waals surface area contributed by atoms with E-state index >= 15 is 0 Å². The normalized spacial score (nSPS) is 26.1. The molecule has 1 unspecified atom stereocenters. The van der Waals surface area contributed by atoms with Gasteiger partial charge < -0.3 is 19.7 Å². The van der Waals surface area contributed by atoms with Gasteiger partial charge in [0, 0.05) is 19.3 Å². The number of morpholine rings is 1. The van der Waals surface area contributed by atoms with Crippen LogP contribution in [0.3, 0.4) is 0 Å². The second-order valence-electron chi connectivity index (χ2n) is 7.87. The molecule has 2 amide bonds. The van der Waals surface area contributed by atoms with Crippen LogP contribution in [0.1, 0.15) is 44.2 Å². The molecule has 1 saturated carbocycles. The Labute approximate surface area is 163 Å². The van der Waals surface area contributed by atoms with Crippen molar-refractivity contribution in [2.24, 2.45) is 0 Å². The Bertz CT molecular complexity index is 734. The zero-order valence-corrected chi connectivity index (χ0v) is 15.9. The van der Waals surface area contributed by atoms with E-state index < -0.39 is 5.82 Å². The second kappa shape index (κ2) is 8.13. The first-order valence-corrected chi connectivity index (χ1v) is 9.98. The SMILES string of the molecule is O=C(CC1CN(C(=O)[C@H]2CCCO2)C2(CCC2)CO1)NCc1ncccc1F. The third-order valence-corrected chi connectivity index (χ3v) is 6.00. The molecule has 3 fully saturated rings. The molecule has 4 rings (SSSR count). The molecule has 0 radical (unpaired) electrons. The van der Waals surface area contributed by atoms with Gasteiger partial charge in [0.25, 0.3) is 5.91 Å². The molecule has 152 valence electrons. The van der Waals surface area contributed by atoms with Crippen LogP contribution < -0.4 is 5.32 Å². The molecule has 8 heteroatoms. The van der Waals surface area contributed by atoms with Crippen molar-refractivity contribution in [1.82, 2.24) is 15.2 Å². The summed E-state index contributed by atoms with van der Waals surface area (Å²) in [6.45, 7) is 1.51. The van der Waals surface area contributed by atoms with Gasteiger partial charge in [0.05, 0.1) is 36.9 Å². The molecule has 2 saturated heterocycles. The molecule has 2 aliphatic heterocycles. The van der Waals surface area contributed by atoms with Gasteiger partial charge in [-0.2, -0.15) is 0 Å². The maximum absolute atomic E-state index is 13.6. The van der Waals surface area contributed by atoms with Crippen molar-refractivity contribution in [1.29, 1.82) is 0 Å². The fourth-order valence-electron chi connectivity index (χ4n) is 4.20. The molecule has 2 atom stereocenters. The molecule has 7 nitrogen and oxygen atoms in total. The number of amides is 2. The first-order chi connectivity index (χ1) is 13.6. The molecule has 0 aromatic carbocycles. The lowest BCUT2D eigenvalue weighted by Crippen LogP contribution is -2.66. The van der Waals surface area contributed by atoms with Crippen LogP contribution in [0.2, 0.25) is 0 Å². The number of nitrogens with zero attached hydrogens (tertiary/aromatic N) is 2. The molecule has 1 aromatic rings. The lowest BCUT2D eigenvalue weighted by molar-refractivity contribution is -0.180. The Kier molecular flexibility index (Phi) is 5.59. The minimum Gasteiger partial charge on any atom is -0.373 e. The molecule has 3 heterocycles. The first-order valence-electron chi connectivity index (χ1n) is 9.98. The van der Waals surface area contributed by atoms with Crippen LogP contribution in [-0.4, -0.2) is 59.2 Å². The zero-order valence-electron chi connectivity index (χ0n) is 15.9. The van der Waals surface area contributed by atoms with Crippen molar-refractivity contribution in [2.75, 3.05) is 19.8 Å². The molecule has 1 N–H and O–H groups in total. The van der Waals surface area contributed by atoms with E-state index in [0.717, 1.165) is 32.1 Å². The van der Waals surface area contributed by atoms with Gasteiger partial charge >= 0.3 is 0 Å². The second-order valence-corrected chi connectivity index (χ2v) is 7.87. The van der Waals surface area contributed by atoms with Crippen LogP contribution in [0, 0.1) is 5.82 Å². The maximum Gasteiger partial charge on any atom is 0.252 e. The Morgan fingerprint density at radius 2 is 2.18 bits per heavy atom. The minimum absolute atomic E-state index is 0.0285. The average Bonchev–Trinajstić information content (AvgIpc) is 3.20. The zero-order chi connectivity index (χ0) is 19.6. The molecular formula is C20H26FN3O4. The number of rotatable bonds is 5. The van der Waals surface area contributed by atoms with Crippen LogP contribution >= 0.6 is 0 Å². The van der Waals surface area contributed by atoms with Crippen molar-refractivity contribution in [3.8, 4) is 0 Å². The molecule has 3 aliphatic rings. The number of hydrogen-bond acceptors (Lipinski definition) is 5. The first kappa shape index (κ1) is 19.3. The number of aromatic nitrogens is 1. The highest BCUT2D eigenvalue weighted by Crippen LogP contribution is 2.42. The number of carbonyl (C=O) groups is 2. The summed E-state index contributed by atoms with van der Waals surface area (Å²) in [5, 5.41) is 2.69. The number of ether oxygens (including phenoxy) is 2. The molecule has 1 spiro atoms. The fraction of sp³-hybridized carbons (Fsp3) is 0.650. The molecule has 1 aromatic heterocycles. The summed E-state index contributed by atoms with van der Waals surface area (Å²) in [7, 11) is 0. The summed E-state index contributed by atoms with van der Waals surface area (Å²) in [5.74, 6) is -0.664. The van der Waals surface area contributed by atoms with Gasteiger partial charge in [-0.15, -0.1) is 0 Å². The van der Waals surface area contributed by atoms with Gasteiger partial charge in [-0.1, -0.05) is 0 Å². The summed E-state index contributed by atoms with van der Waals surface area (Å²) >= 11 is 0. The van der Waals surface area contributed by atoms with Crippen molar-refractivity contribution in [3.63, 3.8) is 0 Å². The van der Waals surface area contributed by atoms with Gasteiger partial charge in [0.1, 0.15) is 11.9 Å². The number of nitrogens with one attached hydrogen (secondary N) is 1. The van der Waals surface area contributed by atoms with E-state index in [1.165, 1.54) is 18.3 Å². The Hall–Kier alpha value is -2.06. The quantitative estimate of drug-likeness (QED) is 0.824. The van der Waals surface area contributed by atoms with E-state index in [-0.39, 0.29) is 48.2 Å². The monoisotopic (exact) mass is 391 g/mol. The standard InChI is InChI=1S/C20H26FN3O4/c21-15-4-1-8-22-16(15)11-23-18(25)10-14-12-24(19(26)17-5-2-9-27-17)20(13-28-14)6-3-7-20/h1,4,8,14,17H,2-3,5-7,9-13H2,(H,23,25)/t14?,17-/m1/s1. The highest BCUT2D eigenvalue weighted by Gasteiger charge is 2.50. The van der Waals surface area contributed by atoms with Gasteiger partial charge in [-0.05, 0) is 44.2 Å². The summed E-state index contributed by atoms with van der Waals surface area (Å²) in [4.78, 5) is 31.1. The topological polar surface area (TPSA) is 80.8 Å². The minimum atomic E-state index is -0.447. The Balaban J connectivity index is 1.34. The smallest absolute Gasteiger partial charge is 0.252 e. The average molecular weight is 391 g/mol. The van der Waals surface area contributed by atoms with Crippen LogP contribution in [0.15, 0.2) is 18.3 Å². The van der Waals surface area contributed by atoms with E-state index in [0.29, 0.717) is 19.8 Å². The fourth-order valence-corrected chi connectivity index (χ4v) is 4.20. The largest absolute Gasteiger partial charge is 0.373 e. The van der Waals surface area contributed by atoms with E-state index in [1.807, 2.05) is 4.90 Å². The molecule has 1 aliphatic carbocycles. The van der Waals surface area contributed by atoms with Crippen LogP contribution in [0.25, 0.3) is 0 Å². The van der Waals surface area contributed by atoms with Gasteiger partial charge in [-0.25, -0.2) is 4.39 Å². The highest BCUT2D eigenvalue weighted by molar-refractivity contribution is 5.82. The lowest BCUT2D eigenvalue weighted by atomic mass is 9.74. The summed E-state index contributed by atoms with van der Waals surface area (Å²) in [5.41, 5.74) is -0.0309. The van der Waals surface area contributed by atoms with Crippen LogP contribution in [0.5, 0.6) is 0 Å². The highest BCUT2D eigenvalue weighted by atomic mass is 19.1. The molecular weight excluding hydrogens is 365 g/mol. The van der Waals surface area contributed by atoms with E-state index in [1.54, 1.807) is 0 Å². The van der Waals surface area contributed by atoms with Gasteiger partial charge in [0.15, 0.2) is 0 Å². The molecule has 28 heavy (non-hydrogen) atoms.